The van der Waals surface area contributed by atoms with Gasteiger partial charge in [0.1, 0.15) is 0 Å². The molecule has 4 heterocycles. The van der Waals surface area contributed by atoms with Crippen LogP contribution in [0, 0.1) is 10.8 Å². The van der Waals surface area contributed by atoms with E-state index in [1.165, 1.54) is 14.2 Å². The van der Waals surface area contributed by atoms with E-state index in [2.05, 4.69) is 9.97 Å². The van der Waals surface area contributed by atoms with E-state index in [-0.39, 0.29) is 13.1 Å². The van der Waals surface area contributed by atoms with Crippen LogP contribution in [0.3, 0.4) is 0 Å². The Kier molecular flexibility index (Phi) is 6.72. The van der Waals surface area contributed by atoms with Gasteiger partial charge in [0.05, 0.1) is 44.4 Å². The van der Waals surface area contributed by atoms with E-state index in [0.29, 0.717) is 18.1 Å². The second kappa shape index (κ2) is 9.44. The zero-order valence-electron chi connectivity index (χ0n) is 20.7. The number of aromatic nitrogens is 2. The quantitative estimate of drug-likeness (QED) is 0.437. The summed E-state index contributed by atoms with van der Waals surface area (Å²) in [6.45, 7) is 0.546. The zero-order valence-corrected chi connectivity index (χ0v) is 20.7. The van der Waals surface area contributed by atoms with Crippen molar-refractivity contribution < 1.29 is 23.9 Å². The van der Waals surface area contributed by atoms with Crippen LogP contribution in [-0.2, 0) is 23.9 Å². The highest BCUT2D eigenvalue weighted by Gasteiger charge is 2.75. The molecular formula is C25H31N5O5. The molecular weight excluding hydrogens is 450 g/mol. The van der Waals surface area contributed by atoms with Gasteiger partial charge in [0, 0.05) is 25.5 Å². The number of nitrogens with zero attached hydrogens (tertiary/aromatic N) is 5. The first-order valence-corrected chi connectivity index (χ1v) is 11.4. The summed E-state index contributed by atoms with van der Waals surface area (Å²) in [5, 5.41) is 0. The largest absolute Gasteiger partial charge is 0.468 e. The maximum Gasteiger partial charge on any atom is 0.322 e. The van der Waals surface area contributed by atoms with E-state index >= 15 is 0 Å². The number of methoxy groups -OCH3 is 2. The summed E-state index contributed by atoms with van der Waals surface area (Å²) in [5.74, 6) is -1.94. The number of Topliss-reactive ketones (excluding diaryl/α,β-unsaturated/α-hetero) is 1. The molecule has 10 heteroatoms. The molecule has 35 heavy (non-hydrogen) atoms. The molecule has 10 nitrogen and oxygen atoms in total. The summed E-state index contributed by atoms with van der Waals surface area (Å²) in [7, 11) is 8.09. The van der Waals surface area contributed by atoms with Crippen molar-refractivity contribution >= 4 is 17.7 Å². The molecule has 0 aliphatic carbocycles. The van der Waals surface area contributed by atoms with Crippen LogP contribution < -0.4 is 0 Å². The third-order valence-electron chi connectivity index (χ3n) is 7.02. The van der Waals surface area contributed by atoms with Crippen LogP contribution in [0.1, 0.15) is 23.5 Å². The van der Waals surface area contributed by atoms with Gasteiger partial charge in [-0.3, -0.25) is 39.1 Å². The zero-order chi connectivity index (χ0) is 25.4. The van der Waals surface area contributed by atoms with Crippen LogP contribution in [-0.4, -0.2) is 97.5 Å². The van der Waals surface area contributed by atoms with Crippen molar-refractivity contribution in [1.82, 2.24) is 24.7 Å². The number of pyridine rings is 2. The van der Waals surface area contributed by atoms with Gasteiger partial charge in [0.25, 0.3) is 0 Å². The highest BCUT2D eigenvalue weighted by atomic mass is 16.5. The fourth-order valence-electron chi connectivity index (χ4n) is 5.97. The van der Waals surface area contributed by atoms with Gasteiger partial charge in [-0.05, 0) is 45.4 Å². The minimum atomic E-state index is -1.72. The summed E-state index contributed by atoms with van der Waals surface area (Å²) in [4.78, 5) is 56.8. The van der Waals surface area contributed by atoms with E-state index in [0.717, 1.165) is 0 Å². The van der Waals surface area contributed by atoms with Crippen molar-refractivity contribution in [3.8, 4) is 0 Å². The number of likely N-dealkylation sites (tertiary alicyclic amines) is 2. The normalized spacial score (nSPS) is 29.1. The summed E-state index contributed by atoms with van der Waals surface area (Å²) in [6.07, 6.45) is 3.24. The fourth-order valence-corrected chi connectivity index (χ4v) is 5.97. The Hall–Kier alpha value is -3.21. The molecule has 0 amide bonds. The minimum Gasteiger partial charge on any atom is -0.468 e. The predicted octanol–water partition coefficient (Wildman–Crippen LogP) is 0.927. The Morgan fingerprint density at radius 3 is 1.74 bits per heavy atom. The standard InChI is InChI=1S/C25H31N5O5/c1-28(2)16-30-14-24(22(32)34-4)19(17-10-6-8-12-26-17)29(3)20(18-11-7-9-13-27-18)25(15-30,21(24)31)23(33)35-5/h6-13,19-20H,14-16H2,1-5H3. The van der Waals surface area contributed by atoms with E-state index in [1.807, 2.05) is 40.9 Å². The van der Waals surface area contributed by atoms with Crippen LogP contribution in [0.4, 0.5) is 0 Å². The lowest BCUT2D eigenvalue weighted by molar-refractivity contribution is -0.205. The van der Waals surface area contributed by atoms with Gasteiger partial charge in [0.15, 0.2) is 16.6 Å². The van der Waals surface area contributed by atoms with Crippen LogP contribution in [0.15, 0.2) is 48.8 Å². The fraction of sp³-hybridized carbons (Fsp3) is 0.480. The molecule has 4 rings (SSSR count). The molecule has 0 radical (unpaired) electrons. The van der Waals surface area contributed by atoms with Crippen LogP contribution in [0.5, 0.6) is 0 Å². The van der Waals surface area contributed by atoms with Crippen LogP contribution in [0.25, 0.3) is 0 Å². The summed E-state index contributed by atoms with van der Waals surface area (Å²) < 4.78 is 10.5. The Balaban J connectivity index is 2.07. The van der Waals surface area contributed by atoms with E-state index < -0.39 is 40.6 Å². The maximum atomic E-state index is 14.7. The van der Waals surface area contributed by atoms with E-state index in [1.54, 1.807) is 43.7 Å². The van der Waals surface area contributed by atoms with Gasteiger partial charge in [-0.25, -0.2) is 0 Å². The van der Waals surface area contributed by atoms with E-state index in [4.69, 9.17) is 9.47 Å². The number of ether oxygens (including phenoxy) is 2. The molecule has 2 fully saturated rings. The third kappa shape index (κ3) is 3.72. The Morgan fingerprint density at radius 1 is 0.943 bits per heavy atom. The molecule has 2 saturated heterocycles. The third-order valence-corrected chi connectivity index (χ3v) is 7.02. The number of hydrogen-bond donors (Lipinski definition) is 0. The number of piperidine rings is 2. The molecule has 0 N–H and O–H groups in total. The van der Waals surface area contributed by atoms with Crippen molar-refractivity contribution in [3.63, 3.8) is 0 Å². The highest BCUT2D eigenvalue weighted by Crippen LogP contribution is 2.60. The maximum absolute atomic E-state index is 14.7. The van der Waals surface area contributed by atoms with E-state index in [9.17, 15) is 14.4 Å². The Labute approximate surface area is 204 Å². The second-order valence-corrected chi connectivity index (χ2v) is 9.44. The molecule has 0 saturated carbocycles. The van der Waals surface area contributed by atoms with Crippen molar-refractivity contribution in [2.45, 2.75) is 12.1 Å². The number of carbonyl (C=O) groups excluding carboxylic acids is 3. The van der Waals surface area contributed by atoms with Crippen molar-refractivity contribution in [3.05, 3.63) is 60.2 Å². The number of ketones is 1. The molecule has 2 aromatic heterocycles. The highest BCUT2D eigenvalue weighted by molar-refractivity contribution is 6.17. The summed E-state index contributed by atoms with van der Waals surface area (Å²) in [6, 6.07) is 9.11. The first-order chi connectivity index (χ1) is 16.7. The SMILES string of the molecule is COC(=O)C12CN(CN(C)C)CC(C(=O)OC)(C1=O)C(c1ccccn1)N(C)C2c1ccccn1. The number of fused-ring (bicyclic) bond motifs is 2. The average Bonchev–Trinajstić information content (AvgIpc) is 2.85. The number of esters is 2. The van der Waals surface area contributed by atoms with Gasteiger partial charge in [-0.1, -0.05) is 12.1 Å². The lowest BCUT2D eigenvalue weighted by Crippen LogP contribution is -2.75. The predicted molar refractivity (Wildman–Crippen MR) is 126 cm³/mol. The molecule has 0 aromatic carbocycles. The molecule has 186 valence electrons. The summed E-state index contributed by atoms with van der Waals surface area (Å²) in [5.41, 5.74) is -2.38. The minimum absolute atomic E-state index is 0.0654. The number of rotatable bonds is 6. The second-order valence-electron chi connectivity index (χ2n) is 9.44. The molecule has 2 bridgehead atoms. The molecule has 4 unspecified atom stereocenters. The molecule has 4 atom stereocenters. The van der Waals surface area contributed by atoms with Gasteiger partial charge >= 0.3 is 11.9 Å². The Morgan fingerprint density at radius 2 is 1.40 bits per heavy atom. The van der Waals surface area contributed by atoms with Crippen molar-refractivity contribution in [1.29, 1.82) is 0 Å². The van der Waals surface area contributed by atoms with Crippen molar-refractivity contribution in [2.24, 2.45) is 10.8 Å². The lowest BCUT2D eigenvalue weighted by Gasteiger charge is -2.60. The monoisotopic (exact) mass is 481 g/mol. The van der Waals surface area contributed by atoms with Crippen LogP contribution in [0.2, 0.25) is 0 Å². The average molecular weight is 482 g/mol. The Bertz CT molecular complexity index is 1020. The molecule has 0 spiro atoms. The first kappa shape index (κ1) is 24.9. The molecule has 2 aliphatic heterocycles. The first-order valence-electron chi connectivity index (χ1n) is 11.4. The smallest absolute Gasteiger partial charge is 0.322 e. The van der Waals surface area contributed by atoms with Gasteiger partial charge in [0.2, 0.25) is 0 Å². The summed E-state index contributed by atoms with van der Waals surface area (Å²) >= 11 is 0. The lowest BCUT2D eigenvalue weighted by atomic mass is 9.54. The number of hydrogen-bond acceptors (Lipinski definition) is 10. The van der Waals surface area contributed by atoms with Crippen LogP contribution >= 0.6 is 0 Å². The van der Waals surface area contributed by atoms with Crippen molar-refractivity contribution in [2.75, 3.05) is 55.1 Å². The molecule has 2 aromatic rings. The molecule has 2 aliphatic rings. The number of carbonyl (C=O) groups is 3. The van der Waals surface area contributed by atoms with Gasteiger partial charge in [-0.2, -0.15) is 0 Å². The van der Waals surface area contributed by atoms with Gasteiger partial charge < -0.3 is 9.47 Å². The topological polar surface area (TPSA) is 105 Å². The van der Waals surface area contributed by atoms with Gasteiger partial charge in [-0.15, -0.1) is 0 Å².